The van der Waals surface area contributed by atoms with Gasteiger partial charge in [0, 0.05) is 50.6 Å². The van der Waals surface area contributed by atoms with E-state index in [2.05, 4.69) is 27.1 Å². The molecular formula is C18H30N4O2. The van der Waals surface area contributed by atoms with Crippen molar-refractivity contribution in [2.45, 2.75) is 83.1 Å². The van der Waals surface area contributed by atoms with Crippen LogP contribution in [0.1, 0.15) is 64.3 Å². The van der Waals surface area contributed by atoms with Gasteiger partial charge in [-0.15, -0.1) is 0 Å². The van der Waals surface area contributed by atoms with E-state index < -0.39 is 0 Å². The molecule has 1 saturated carbocycles. The van der Waals surface area contributed by atoms with E-state index in [9.17, 15) is 4.79 Å². The maximum atomic E-state index is 11.2. The second kappa shape index (κ2) is 8.12. The molecule has 2 atom stereocenters. The molecule has 1 aromatic rings. The lowest BCUT2D eigenvalue weighted by Gasteiger charge is -2.37. The summed E-state index contributed by atoms with van der Waals surface area (Å²) in [5, 5.41) is 6.88. The van der Waals surface area contributed by atoms with Gasteiger partial charge >= 0.3 is 0 Å². The fourth-order valence-corrected chi connectivity index (χ4v) is 4.05. The van der Waals surface area contributed by atoms with E-state index in [1.165, 1.54) is 0 Å². The Kier molecular flexibility index (Phi) is 5.89. The monoisotopic (exact) mass is 334 g/mol. The Morgan fingerprint density at radius 2 is 2.04 bits per heavy atom. The Bertz CT molecular complexity index is 537. The van der Waals surface area contributed by atoms with Crippen LogP contribution in [0, 0.1) is 0 Å². The van der Waals surface area contributed by atoms with E-state index >= 15 is 0 Å². The highest BCUT2D eigenvalue weighted by molar-refractivity contribution is 5.73. The predicted molar refractivity (Wildman–Crippen MR) is 92.6 cm³/mol. The lowest BCUT2D eigenvalue weighted by atomic mass is 9.89. The van der Waals surface area contributed by atoms with Crippen molar-refractivity contribution < 1.29 is 9.53 Å². The summed E-state index contributed by atoms with van der Waals surface area (Å²) < 4.78 is 8.27. The normalized spacial score (nSPS) is 30.9. The van der Waals surface area contributed by atoms with E-state index in [1.807, 2.05) is 12.4 Å². The molecule has 24 heavy (non-hydrogen) atoms. The molecule has 134 valence electrons. The number of carbonyl (C=O) groups is 1. The van der Waals surface area contributed by atoms with E-state index in [0.717, 1.165) is 57.5 Å². The van der Waals surface area contributed by atoms with Gasteiger partial charge in [0.05, 0.1) is 0 Å². The number of nitrogens with zero attached hydrogens (tertiary/aromatic N) is 2. The Morgan fingerprint density at radius 3 is 2.75 bits per heavy atom. The van der Waals surface area contributed by atoms with Gasteiger partial charge in [-0.05, 0) is 45.4 Å². The van der Waals surface area contributed by atoms with Crippen LogP contribution in [-0.2, 0) is 16.1 Å². The van der Waals surface area contributed by atoms with Gasteiger partial charge < -0.3 is 19.9 Å². The highest BCUT2D eigenvalue weighted by atomic mass is 16.5. The third-order valence-electron chi connectivity index (χ3n) is 5.25. The van der Waals surface area contributed by atoms with Gasteiger partial charge in [-0.2, -0.15) is 0 Å². The van der Waals surface area contributed by atoms with E-state index in [-0.39, 0.29) is 12.0 Å². The molecule has 1 aliphatic carbocycles. The number of hydrogen-bond acceptors (Lipinski definition) is 4. The number of aryl methyl sites for hydroxylation is 1. The van der Waals surface area contributed by atoms with Crippen molar-refractivity contribution in [2.75, 3.05) is 6.61 Å². The molecule has 0 bridgehead atoms. The molecule has 6 nitrogen and oxygen atoms in total. The first-order chi connectivity index (χ1) is 11.7. The minimum absolute atomic E-state index is 0.0433. The van der Waals surface area contributed by atoms with Gasteiger partial charge in [0.1, 0.15) is 11.9 Å². The zero-order valence-corrected chi connectivity index (χ0v) is 14.8. The molecule has 0 aromatic carbocycles. The number of amides is 1. The summed E-state index contributed by atoms with van der Waals surface area (Å²) >= 11 is 0. The van der Waals surface area contributed by atoms with Crippen LogP contribution >= 0.6 is 0 Å². The van der Waals surface area contributed by atoms with Crippen LogP contribution in [0.25, 0.3) is 0 Å². The second-order valence-electron chi connectivity index (χ2n) is 7.03. The molecule has 6 heteroatoms. The maximum Gasteiger partial charge on any atom is 0.217 e. The highest BCUT2D eigenvalue weighted by Crippen LogP contribution is 2.29. The van der Waals surface area contributed by atoms with Crippen molar-refractivity contribution in [2.24, 2.45) is 0 Å². The quantitative estimate of drug-likeness (QED) is 0.866. The van der Waals surface area contributed by atoms with E-state index in [4.69, 9.17) is 4.74 Å². The van der Waals surface area contributed by atoms with Crippen LogP contribution in [0.3, 0.4) is 0 Å². The van der Waals surface area contributed by atoms with E-state index in [0.29, 0.717) is 18.1 Å². The van der Waals surface area contributed by atoms with Gasteiger partial charge in [-0.1, -0.05) is 0 Å². The Balaban J connectivity index is 1.58. The topological polar surface area (TPSA) is 68.2 Å². The predicted octanol–water partition coefficient (Wildman–Crippen LogP) is 2.16. The van der Waals surface area contributed by atoms with Crippen LogP contribution in [0.2, 0.25) is 0 Å². The van der Waals surface area contributed by atoms with Crippen LogP contribution in [-0.4, -0.2) is 40.2 Å². The van der Waals surface area contributed by atoms with Crippen LogP contribution < -0.4 is 10.6 Å². The van der Waals surface area contributed by atoms with Gasteiger partial charge in [0.2, 0.25) is 5.91 Å². The zero-order chi connectivity index (χ0) is 16.9. The molecule has 0 spiro atoms. The molecule has 2 aliphatic rings. The first kappa shape index (κ1) is 17.4. The standard InChI is InChI=1S/C18H30N4O2/c1-3-22-11-10-19-18(22)17-16(5-4-12-24-17)21-15-8-6-14(7-9-15)20-13(2)23/h10-11,14-17,21H,3-9,12H2,1-2H3,(H,20,23)/t14?,15?,16-,17-/m0/s1. The lowest BCUT2D eigenvalue weighted by molar-refractivity contribution is -0.119. The van der Waals surface area contributed by atoms with Crippen LogP contribution in [0.15, 0.2) is 12.4 Å². The summed E-state index contributed by atoms with van der Waals surface area (Å²) in [5.74, 6) is 1.13. The Labute approximate surface area is 144 Å². The van der Waals surface area contributed by atoms with Gasteiger partial charge in [-0.25, -0.2) is 4.98 Å². The summed E-state index contributed by atoms with van der Waals surface area (Å²) in [6.07, 6.45) is 10.5. The summed E-state index contributed by atoms with van der Waals surface area (Å²) in [7, 11) is 0. The molecule has 1 aliphatic heterocycles. The number of ether oxygens (including phenoxy) is 1. The van der Waals surface area contributed by atoms with Gasteiger partial charge in [0.25, 0.3) is 0 Å². The van der Waals surface area contributed by atoms with E-state index in [1.54, 1.807) is 6.92 Å². The molecule has 1 amide bonds. The number of hydrogen-bond donors (Lipinski definition) is 2. The molecular weight excluding hydrogens is 304 g/mol. The number of nitrogens with one attached hydrogen (secondary N) is 2. The molecule has 1 aromatic heterocycles. The first-order valence-electron chi connectivity index (χ1n) is 9.33. The number of imidazole rings is 1. The highest BCUT2D eigenvalue weighted by Gasteiger charge is 2.33. The molecule has 0 unspecified atom stereocenters. The molecule has 2 N–H and O–H groups in total. The Morgan fingerprint density at radius 1 is 1.29 bits per heavy atom. The third-order valence-corrected chi connectivity index (χ3v) is 5.25. The van der Waals surface area contributed by atoms with Crippen LogP contribution in [0.5, 0.6) is 0 Å². The summed E-state index contributed by atoms with van der Waals surface area (Å²) in [4.78, 5) is 15.7. The SMILES string of the molecule is CCn1ccnc1[C@H]1OCCC[C@@H]1NC1CCC(NC(C)=O)CC1. The second-order valence-corrected chi connectivity index (χ2v) is 7.03. The number of aromatic nitrogens is 2. The third kappa shape index (κ3) is 4.16. The van der Waals surface area contributed by atoms with Crippen LogP contribution in [0.4, 0.5) is 0 Å². The first-order valence-corrected chi connectivity index (χ1v) is 9.33. The lowest BCUT2D eigenvalue weighted by Crippen LogP contribution is -2.48. The summed E-state index contributed by atoms with van der Waals surface area (Å²) in [6.45, 7) is 5.47. The smallest absolute Gasteiger partial charge is 0.217 e. The largest absolute Gasteiger partial charge is 0.369 e. The fourth-order valence-electron chi connectivity index (χ4n) is 4.05. The van der Waals surface area contributed by atoms with Crippen molar-refractivity contribution in [3.05, 3.63) is 18.2 Å². The molecule has 0 radical (unpaired) electrons. The van der Waals surface area contributed by atoms with Crippen molar-refractivity contribution in [3.63, 3.8) is 0 Å². The summed E-state index contributed by atoms with van der Waals surface area (Å²) in [6, 6.07) is 1.18. The zero-order valence-electron chi connectivity index (χ0n) is 14.8. The molecule has 2 heterocycles. The summed E-state index contributed by atoms with van der Waals surface area (Å²) in [5.41, 5.74) is 0. The average molecular weight is 334 g/mol. The van der Waals surface area contributed by atoms with Gasteiger partial charge in [-0.3, -0.25) is 4.79 Å². The van der Waals surface area contributed by atoms with Gasteiger partial charge in [0.15, 0.2) is 0 Å². The average Bonchev–Trinajstić information content (AvgIpc) is 3.05. The number of carbonyl (C=O) groups excluding carboxylic acids is 1. The van der Waals surface area contributed by atoms with Crippen molar-refractivity contribution in [1.29, 1.82) is 0 Å². The maximum absolute atomic E-state index is 11.2. The van der Waals surface area contributed by atoms with Crippen molar-refractivity contribution in [3.8, 4) is 0 Å². The molecule has 2 fully saturated rings. The Hall–Kier alpha value is -1.40. The van der Waals surface area contributed by atoms with Crippen molar-refractivity contribution in [1.82, 2.24) is 20.2 Å². The number of rotatable bonds is 5. The minimum Gasteiger partial charge on any atom is -0.369 e. The minimum atomic E-state index is 0.0433. The molecule has 3 rings (SSSR count). The fraction of sp³-hybridized carbons (Fsp3) is 0.778. The molecule has 1 saturated heterocycles. The van der Waals surface area contributed by atoms with Crippen molar-refractivity contribution >= 4 is 5.91 Å².